The summed E-state index contributed by atoms with van der Waals surface area (Å²) < 4.78 is 5.37. The normalized spacial score (nSPS) is 26.0. The average Bonchev–Trinajstić information content (AvgIpc) is 2.05. The van der Waals surface area contributed by atoms with Crippen LogP contribution in [0.15, 0.2) is 0 Å². The first-order valence-electron chi connectivity index (χ1n) is 3.60. The highest BCUT2D eigenvalue weighted by Crippen LogP contribution is 2.07. The molecule has 0 aromatic heterocycles. The summed E-state index contributed by atoms with van der Waals surface area (Å²) in [6, 6.07) is 0. The Morgan fingerprint density at radius 3 is 3.20 bits per heavy atom. The molecular formula is C7H12N2O. The standard InChI is InChI=1S/C7H12N2O/c1-3-7-6-9(8-2)4-5-10-7/h7H,3-6H2,1H3. The molecule has 0 aromatic carbocycles. The maximum Gasteiger partial charge on any atom is 0.112 e. The lowest BCUT2D eigenvalue weighted by Crippen LogP contribution is -2.37. The second-order valence-corrected chi connectivity index (χ2v) is 2.41. The van der Waals surface area contributed by atoms with Crippen LogP contribution in [0, 0.1) is 6.57 Å². The van der Waals surface area contributed by atoms with Gasteiger partial charge < -0.3 is 4.74 Å². The molecule has 10 heavy (non-hydrogen) atoms. The molecule has 0 saturated carbocycles. The van der Waals surface area contributed by atoms with E-state index in [1.807, 2.05) is 0 Å². The Hall–Kier alpha value is -0.750. The van der Waals surface area contributed by atoms with Crippen LogP contribution < -0.4 is 0 Å². The van der Waals surface area contributed by atoms with E-state index in [1.165, 1.54) is 0 Å². The van der Waals surface area contributed by atoms with E-state index in [4.69, 9.17) is 11.3 Å². The summed E-state index contributed by atoms with van der Waals surface area (Å²) >= 11 is 0. The van der Waals surface area contributed by atoms with E-state index in [0.29, 0.717) is 6.61 Å². The Balaban J connectivity index is 2.33. The third-order valence-electron chi connectivity index (χ3n) is 1.71. The molecule has 56 valence electrons. The molecule has 1 atom stereocenters. The van der Waals surface area contributed by atoms with Gasteiger partial charge in [-0.2, -0.15) is 11.5 Å². The first-order valence-corrected chi connectivity index (χ1v) is 3.60. The van der Waals surface area contributed by atoms with E-state index in [9.17, 15) is 0 Å². The van der Waals surface area contributed by atoms with Crippen molar-refractivity contribution in [2.75, 3.05) is 19.7 Å². The summed E-state index contributed by atoms with van der Waals surface area (Å²) in [7, 11) is 0. The van der Waals surface area contributed by atoms with Gasteiger partial charge in [-0.3, -0.25) is 0 Å². The van der Waals surface area contributed by atoms with Gasteiger partial charge in [0.15, 0.2) is 0 Å². The van der Waals surface area contributed by atoms with Gasteiger partial charge in [0, 0.05) is 0 Å². The minimum atomic E-state index is 0.280. The summed E-state index contributed by atoms with van der Waals surface area (Å²) in [5.74, 6) is 0. The third kappa shape index (κ3) is 1.61. The largest absolute Gasteiger partial charge is 0.374 e. The van der Waals surface area contributed by atoms with Crippen LogP contribution in [-0.2, 0) is 4.74 Å². The highest BCUT2D eigenvalue weighted by Gasteiger charge is 2.20. The molecule has 0 spiro atoms. The molecule has 0 aromatic rings. The topological polar surface area (TPSA) is 16.8 Å². The maximum absolute atomic E-state index is 6.76. The van der Waals surface area contributed by atoms with E-state index >= 15 is 0 Å². The molecule has 1 aliphatic rings. The zero-order chi connectivity index (χ0) is 7.40. The first kappa shape index (κ1) is 7.36. The lowest BCUT2D eigenvalue weighted by atomic mass is 10.2. The summed E-state index contributed by atoms with van der Waals surface area (Å²) in [5, 5.41) is 1.73. The van der Waals surface area contributed by atoms with Crippen LogP contribution in [0.5, 0.6) is 0 Å². The predicted molar refractivity (Wildman–Crippen MR) is 38.2 cm³/mol. The van der Waals surface area contributed by atoms with Crippen molar-refractivity contribution in [2.24, 2.45) is 0 Å². The quantitative estimate of drug-likeness (QED) is 0.504. The Bertz CT molecular complexity index is 141. The van der Waals surface area contributed by atoms with Gasteiger partial charge in [-0.1, -0.05) is 6.92 Å². The Morgan fingerprint density at radius 1 is 1.80 bits per heavy atom. The molecule has 1 unspecified atom stereocenters. The van der Waals surface area contributed by atoms with Crippen molar-refractivity contribution >= 4 is 0 Å². The Kier molecular flexibility index (Phi) is 2.52. The molecule has 0 amide bonds. The Labute approximate surface area is 61.4 Å². The lowest BCUT2D eigenvalue weighted by Gasteiger charge is -2.24. The van der Waals surface area contributed by atoms with Crippen LogP contribution in [0.1, 0.15) is 13.3 Å². The number of hydrogen-bond acceptors (Lipinski definition) is 2. The van der Waals surface area contributed by atoms with E-state index in [2.05, 4.69) is 11.9 Å². The van der Waals surface area contributed by atoms with E-state index < -0.39 is 0 Å². The molecule has 0 radical (unpaired) electrons. The van der Waals surface area contributed by atoms with Gasteiger partial charge in [0.1, 0.15) is 13.1 Å². The third-order valence-corrected chi connectivity index (χ3v) is 1.71. The van der Waals surface area contributed by atoms with Gasteiger partial charge in [-0.15, -0.1) is 5.01 Å². The second-order valence-electron chi connectivity index (χ2n) is 2.41. The minimum Gasteiger partial charge on any atom is -0.374 e. The molecule has 3 nitrogen and oxygen atoms in total. The lowest BCUT2D eigenvalue weighted by molar-refractivity contribution is -0.0147. The molecule has 1 aliphatic heterocycles. The fourth-order valence-corrected chi connectivity index (χ4v) is 1.04. The molecule has 0 bridgehead atoms. The molecule has 1 fully saturated rings. The van der Waals surface area contributed by atoms with Crippen molar-refractivity contribution in [1.29, 1.82) is 0 Å². The Morgan fingerprint density at radius 2 is 2.60 bits per heavy atom. The van der Waals surface area contributed by atoms with Crippen LogP contribution in [0.4, 0.5) is 0 Å². The summed E-state index contributed by atoms with van der Waals surface area (Å²) in [4.78, 5) is 3.35. The monoisotopic (exact) mass is 140 g/mol. The fourth-order valence-electron chi connectivity index (χ4n) is 1.04. The number of ether oxygens (including phenoxy) is 1. The van der Waals surface area contributed by atoms with Crippen LogP contribution in [0.25, 0.3) is 4.95 Å². The van der Waals surface area contributed by atoms with Gasteiger partial charge in [0.05, 0.1) is 12.7 Å². The highest BCUT2D eigenvalue weighted by atomic mass is 16.5. The van der Waals surface area contributed by atoms with E-state index in [-0.39, 0.29) is 6.10 Å². The van der Waals surface area contributed by atoms with Gasteiger partial charge in [0.25, 0.3) is 0 Å². The summed E-state index contributed by atoms with van der Waals surface area (Å²) in [5.41, 5.74) is 0. The fraction of sp³-hybridized carbons (Fsp3) is 0.857. The van der Waals surface area contributed by atoms with Crippen molar-refractivity contribution in [2.45, 2.75) is 19.4 Å². The van der Waals surface area contributed by atoms with E-state index in [0.717, 1.165) is 19.5 Å². The molecule has 0 aliphatic carbocycles. The maximum atomic E-state index is 6.76. The number of nitrogens with zero attached hydrogens (tertiary/aromatic N) is 2. The van der Waals surface area contributed by atoms with Crippen molar-refractivity contribution in [1.82, 2.24) is 5.01 Å². The minimum absolute atomic E-state index is 0.280. The van der Waals surface area contributed by atoms with Crippen LogP contribution in [0.2, 0.25) is 0 Å². The van der Waals surface area contributed by atoms with Crippen molar-refractivity contribution < 1.29 is 4.74 Å². The molecule has 1 heterocycles. The van der Waals surface area contributed by atoms with Crippen LogP contribution >= 0.6 is 0 Å². The molecule has 0 N–H and O–H groups in total. The van der Waals surface area contributed by atoms with Gasteiger partial charge in [0.2, 0.25) is 0 Å². The predicted octanol–water partition coefficient (Wildman–Crippen LogP) is 0.931. The number of hydrogen-bond donors (Lipinski definition) is 0. The molecule has 1 rings (SSSR count). The molecule has 3 heteroatoms. The first-order chi connectivity index (χ1) is 4.86. The second kappa shape index (κ2) is 3.43. The van der Waals surface area contributed by atoms with Gasteiger partial charge in [-0.25, -0.2) is 0 Å². The number of rotatable bonds is 1. The van der Waals surface area contributed by atoms with Crippen molar-refractivity contribution in [3.8, 4) is 0 Å². The van der Waals surface area contributed by atoms with E-state index in [1.54, 1.807) is 5.01 Å². The average molecular weight is 140 g/mol. The SMILES string of the molecule is [C-]#[N+]N1CCOC(CC)C1. The molecule has 1 saturated heterocycles. The zero-order valence-corrected chi connectivity index (χ0v) is 6.21. The molecular weight excluding hydrogens is 128 g/mol. The van der Waals surface area contributed by atoms with Crippen LogP contribution in [0.3, 0.4) is 0 Å². The smallest absolute Gasteiger partial charge is 0.112 e. The summed E-state index contributed by atoms with van der Waals surface area (Å²) in [6.45, 7) is 11.1. The van der Waals surface area contributed by atoms with Crippen LogP contribution in [-0.4, -0.2) is 30.8 Å². The zero-order valence-electron chi connectivity index (χ0n) is 6.21. The van der Waals surface area contributed by atoms with Gasteiger partial charge in [-0.05, 0) is 6.42 Å². The van der Waals surface area contributed by atoms with Crippen molar-refractivity contribution in [3.63, 3.8) is 0 Å². The van der Waals surface area contributed by atoms with Crippen molar-refractivity contribution in [3.05, 3.63) is 11.5 Å². The number of morpholine rings is 1. The summed E-state index contributed by atoms with van der Waals surface area (Å²) in [6.07, 6.45) is 1.29. The highest BCUT2D eigenvalue weighted by molar-refractivity contribution is 4.71. The van der Waals surface area contributed by atoms with Gasteiger partial charge >= 0.3 is 0 Å².